The van der Waals surface area contributed by atoms with Crippen LogP contribution in [0.25, 0.3) is 0 Å². The predicted molar refractivity (Wildman–Crippen MR) is 109 cm³/mol. The summed E-state index contributed by atoms with van der Waals surface area (Å²) in [5, 5.41) is 11.7. The molecule has 27 heavy (non-hydrogen) atoms. The van der Waals surface area contributed by atoms with E-state index in [-0.39, 0.29) is 12.4 Å². The average Bonchev–Trinajstić information content (AvgIpc) is 2.98. The van der Waals surface area contributed by atoms with Crippen molar-refractivity contribution >= 4 is 24.0 Å². The van der Waals surface area contributed by atoms with Crippen molar-refractivity contribution in [2.75, 3.05) is 19.6 Å². The number of nitrogens with zero attached hydrogens (tertiary/aromatic N) is 1. The second kappa shape index (κ2) is 7.88. The molecule has 2 heterocycles. The first-order valence-corrected chi connectivity index (χ1v) is 9.52. The summed E-state index contributed by atoms with van der Waals surface area (Å²) in [6.45, 7) is 4.56. The number of fused-ring (bicyclic) bond motifs is 1. The molecule has 2 aromatic carbocycles. The second-order valence-electron chi connectivity index (χ2n) is 7.41. The molecule has 2 aliphatic heterocycles. The lowest BCUT2D eigenvalue weighted by atomic mass is 9.84. The summed E-state index contributed by atoms with van der Waals surface area (Å²) < 4.78 is 12.0. The molecular weight excluding hydrogens is 385 g/mol. The zero-order chi connectivity index (χ0) is 18.2. The number of aliphatic hydroxyl groups is 1. The van der Waals surface area contributed by atoms with Gasteiger partial charge in [0.15, 0.2) is 11.5 Å². The molecule has 0 atom stereocenters. The van der Waals surface area contributed by atoms with Gasteiger partial charge in [-0.3, -0.25) is 0 Å². The number of benzene rings is 2. The minimum absolute atomic E-state index is 0. The number of ether oxygens (including phenoxy) is 2. The van der Waals surface area contributed by atoms with Crippen molar-refractivity contribution in [3.8, 4) is 11.5 Å². The Morgan fingerprint density at radius 3 is 2.11 bits per heavy atom. The summed E-state index contributed by atoms with van der Waals surface area (Å²) in [7, 11) is 0. The van der Waals surface area contributed by atoms with Gasteiger partial charge in [0.05, 0.1) is 5.60 Å². The predicted octanol–water partition coefficient (Wildman–Crippen LogP) is 4.62. The van der Waals surface area contributed by atoms with Crippen molar-refractivity contribution in [3.63, 3.8) is 0 Å². The smallest absolute Gasteiger partial charge is 0.250 e. The summed E-state index contributed by atoms with van der Waals surface area (Å²) in [4.78, 5) is 2.37. The third kappa shape index (κ3) is 4.35. The van der Waals surface area contributed by atoms with E-state index in [0.717, 1.165) is 43.1 Å². The topological polar surface area (TPSA) is 41.9 Å². The van der Waals surface area contributed by atoms with Gasteiger partial charge in [-0.25, -0.2) is 0 Å². The number of halogens is 2. The first-order chi connectivity index (χ1) is 12.5. The highest BCUT2D eigenvalue weighted by Crippen LogP contribution is 2.40. The second-order valence-corrected chi connectivity index (χ2v) is 7.85. The molecule has 2 aliphatic rings. The van der Waals surface area contributed by atoms with E-state index in [2.05, 4.69) is 4.90 Å². The van der Waals surface area contributed by atoms with E-state index in [4.69, 9.17) is 21.1 Å². The van der Waals surface area contributed by atoms with E-state index >= 15 is 0 Å². The minimum atomic E-state index is -0.762. The van der Waals surface area contributed by atoms with Gasteiger partial charge < -0.3 is 19.5 Å². The Kier molecular flexibility index (Phi) is 5.92. The van der Waals surface area contributed by atoms with Crippen LogP contribution in [0, 0.1) is 0 Å². The summed E-state index contributed by atoms with van der Waals surface area (Å²) in [6, 6.07) is 15.3. The third-order valence-electron chi connectivity index (χ3n) is 5.45. The van der Waals surface area contributed by atoms with E-state index in [0.29, 0.717) is 17.9 Å². The zero-order valence-electron chi connectivity index (χ0n) is 15.4. The molecule has 1 fully saturated rings. The molecule has 146 valence electrons. The van der Waals surface area contributed by atoms with Gasteiger partial charge in [-0.2, -0.15) is 0 Å². The van der Waals surface area contributed by atoms with Crippen molar-refractivity contribution in [3.05, 3.63) is 59.1 Å². The van der Waals surface area contributed by atoms with E-state index in [1.807, 2.05) is 55.5 Å². The molecule has 6 heteroatoms. The zero-order valence-corrected chi connectivity index (χ0v) is 16.9. The lowest BCUT2D eigenvalue weighted by Gasteiger charge is -2.39. The van der Waals surface area contributed by atoms with Crippen LogP contribution in [0.1, 0.15) is 31.7 Å². The summed E-state index contributed by atoms with van der Waals surface area (Å²) in [6.07, 6.45) is 2.21. The third-order valence-corrected chi connectivity index (χ3v) is 5.70. The molecule has 0 amide bonds. The van der Waals surface area contributed by atoms with Crippen LogP contribution < -0.4 is 9.47 Å². The molecule has 0 aromatic heterocycles. The van der Waals surface area contributed by atoms with Crippen LogP contribution in [-0.2, 0) is 5.60 Å². The fourth-order valence-electron chi connectivity index (χ4n) is 3.76. The van der Waals surface area contributed by atoms with Gasteiger partial charge in [-0.15, -0.1) is 12.4 Å². The Bertz CT molecular complexity index is 748. The van der Waals surface area contributed by atoms with E-state index in [1.54, 1.807) is 0 Å². The standard InChI is InChI=1S/C21H24ClNO3.ClH/c1-20(25-18-4-2-3-5-19(18)26-20)10-13-23-14-11-21(24,12-15-23)16-6-8-17(22)9-7-16;/h2-9,24H,10-15H2,1H3;1H. The van der Waals surface area contributed by atoms with Gasteiger partial charge in [0.1, 0.15) is 0 Å². The molecule has 1 N–H and O–H groups in total. The fraction of sp³-hybridized carbons (Fsp3) is 0.429. The minimum Gasteiger partial charge on any atom is -0.449 e. The molecule has 4 nitrogen and oxygen atoms in total. The van der Waals surface area contributed by atoms with Crippen LogP contribution in [-0.4, -0.2) is 35.4 Å². The Morgan fingerprint density at radius 1 is 1.00 bits per heavy atom. The number of para-hydroxylation sites is 2. The lowest BCUT2D eigenvalue weighted by molar-refractivity contribution is -0.0801. The highest BCUT2D eigenvalue weighted by molar-refractivity contribution is 6.30. The fourth-order valence-corrected chi connectivity index (χ4v) is 3.89. The van der Waals surface area contributed by atoms with Crippen molar-refractivity contribution in [2.24, 2.45) is 0 Å². The van der Waals surface area contributed by atoms with Crippen LogP contribution in [0.4, 0.5) is 0 Å². The molecule has 4 rings (SSSR count). The number of likely N-dealkylation sites (tertiary alicyclic amines) is 1. The maximum atomic E-state index is 11.0. The molecule has 0 bridgehead atoms. The average molecular weight is 410 g/mol. The number of hydrogen-bond acceptors (Lipinski definition) is 4. The summed E-state index contributed by atoms with van der Waals surface area (Å²) >= 11 is 5.96. The Morgan fingerprint density at radius 2 is 1.56 bits per heavy atom. The normalized spacial score (nSPS) is 20.1. The Labute approximate surface area is 171 Å². The van der Waals surface area contributed by atoms with Gasteiger partial charge in [0.2, 0.25) is 5.79 Å². The van der Waals surface area contributed by atoms with Crippen molar-refractivity contribution < 1.29 is 14.6 Å². The summed E-state index contributed by atoms with van der Waals surface area (Å²) in [5.74, 6) is 1.00. The maximum Gasteiger partial charge on any atom is 0.250 e. The van der Waals surface area contributed by atoms with Crippen LogP contribution >= 0.6 is 24.0 Å². The van der Waals surface area contributed by atoms with Crippen molar-refractivity contribution in [1.29, 1.82) is 0 Å². The molecule has 0 aliphatic carbocycles. The van der Waals surface area contributed by atoms with Crippen molar-refractivity contribution in [1.82, 2.24) is 4.90 Å². The number of rotatable bonds is 4. The summed E-state index contributed by atoms with van der Waals surface area (Å²) in [5.41, 5.74) is 0.188. The van der Waals surface area contributed by atoms with Gasteiger partial charge in [-0.05, 0) is 42.7 Å². The highest BCUT2D eigenvalue weighted by atomic mass is 35.5. The van der Waals surface area contributed by atoms with Crippen LogP contribution in [0.3, 0.4) is 0 Å². The maximum absolute atomic E-state index is 11.0. The van der Waals surface area contributed by atoms with Crippen LogP contribution in [0.5, 0.6) is 11.5 Å². The largest absolute Gasteiger partial charge is 0.449 e. The number of hydrogen-bond donors (Lipinski definition) is 1. The first-order valence-electron chi connectivity index (χ1n) is 9.14. The highest BCUT2D eigenvalue weighted by Gasteiger charge is 2.38. The molecule has 0 radical (unpaired) electrons. The molecule has 2 aromatic rings. The van der Waals surface area contributed by atoms with E-state index in [1.165, 1.54) is 0 Å². The van der Waals surface area contributed by atoms with Crippen molar-refractivity contribution in [2.45, 2.75) is 37.6 Å². The van der Waals surface area contributed by atoms with Gasteiger partial charge in [0, 0.05) is 38.0 Å². The molecule has 0 saturated carbocycles. The van der Waals surface area contributed by atoms with Crippen LogP contribution in [0.2, 0.25) is 5.02 Å². The lowest BCUT2D eigenvalue weighted by Crippen LogP contribution is -2.45. The van der Waals surface area contributed by atoms with E-state index in [9.17, 15) is 5.11 Å². The SMILES string of the molecule is CC1(CCN2CCC(O)(c3ccc(Cl)cc3)CC2)Oc2ccccc2O1.Cl. The van der Waals surface area contributed by atoms with Crippen LogP contribution in [0.15, 0.2) is 48.5 Å². The molecule has 1 saturated heterocycles. The van der Waals surface area contributed by atoms with Gasteiger partial charge in [0.25, 0.3) is 0 Å². The van der Waals surface area contributed by atoms with E-state index < -0.39 is 11.4 Å². The first kappa shape index (κ1) is 20.3. The monoisotopic (exact) mass is 409 g/mol. The Balaban J connectivity index is 0.00000210. The Hall–Kier alpha value is -1.46. The molecular formula is C21H25Cl2NO3. The van der Waals surface area contributed by atoms with Gasteiger partial charge in [-0.1, -0.05) is 35.9 Å². The van der Waals surface area contributed by atoms with Gasteiger partial charge >= 0.3 is 0 Å². The number of piperidine rings is 1. The molecule has 0 spiro atoms. The quantitative estimate of drug-likeness (QED) is 0.799. The molecule has 0 unspecified atom stereocenters.